The van der Waals surface area contributed by atoms with Crippen molar-refractivity contribution in [2.24, 2.45) is 0 Å². The molecule has 0 aliphatic carbocycles. The molecule has 1 aliphatic heterocycles. The number of anilines is 2. The molecule has 96 valence electrons. The standard InChI is InChI=1S/C11H12BF3N2O/c1-6-5-16-8-4-7(12)2-3-9(8)17(6)10(18)11(13,14)15/h2-4,6,16H,5,12H2,1H3/t6-/m0/s1. The highest BCUT2D eigenvalue weighted by Crippen LogP contribution is 2.33. The molecule has 0 spiro atoms. The second kappa shape index (κ2) is 4.22. The zero-order valence-corrected chi connectivity index (χ0v) is 10.0. The minimum atomic E-state index is -4.85. The van der Waals surface area contributed by atoms with Crippen molar-refractivity contribution in [3.63, 3.8) is 0 Å². The lowest BCUT2D eigenvalue weighted by Crippen LogP contribution is -2.51. The van der Waals surface area contributed by atoms with Crippen molar-refractivity contribution in [1.29, 1.82) is 0 Å². The van der Waals surface area contributed by atoms with Crippen LogP contribution in [0, 0.1) is 0 Å². The van der Waals surface area contributed by atoms with Gasteiger partial charge in [0.15, 0.2) is 0 Å². The summed E-state index contributed by atoms with van der Waals surface area (Å²) in [5, 5.41) is 3.03. The average Bonchev–Trinajstić information content (AvgIpc) is 2.27. The second-order valence-electron chi connectivity index (χ2n) is 4.42. The van der Waals surface area contributed by atoms with Crippen molar-refractivity contribution in [3.05, 3.63) is 18.2 Å². The predicted octanol–water partition coefficient (Wildman–Crippen LogP) is 0.654. The largest absolute Gasteiger partial charge is 0.471 e. The Labute approximate surface area is 103 Å². The summed E-state index contributed by atoms with van der Waals surface area (Å²) >= 11 is 0. The fourth-order valence-corrected chi connectivity index (χ4v) is 2.03. The van der Waals surface area contributed by atoms with E-state index in [0.29, 0.717) is 12.2 Å². The number of amides is 1. The van der Waals surface area contributed by atoms with E-state index < -0.39 is 18.1 Å². The molecule has 1 heterocycles. The van der Waals surface area contributed by atoms with E-state index in [2.05, 4.69) is 5.32 Å². The predicted molar refractivity (Wildman–Crippen MR) is 66.1 cm³/mol. The van der Waals surface area contributed by atoms with Crippen LogP contribution in [0.5, 0.6) is 0 Å². The minimum absolute atomic E-state index is 0.279. The molecule has 1 aromatic carbocycles. The summed E-state index contributed by atoms with van der Waals surface area (Å²) < 4.78 is 37.7. The number of halogens is 3. The number of alkyl halides is 3. The van der Waals surface area contributed by atoms with Crippen molar-refractivity contribution in [2.75, 3.05) is 16.8 Å². The molecule has 3 nitrogen and oxygen atoms in total. The Bertz CT molecular complexity index is 490. The van der Waals surface area contributed by atoms with E-state index in [4.69, 9.17) is 0 Å². The Morgan fingerprint density at radius 3 is 2.78 bits per heavy atom. The van der Waals surface area contributed by atoms with Gasteiger partial charge in [-0.15, -0.1) is 0 Å². The third-order valence-corrected chi connectivity index (χ3v) is 2.90. The molecule has 7 heteroatoms. The van der Waals surface area contributed by atoms with Crippen LogP contribution in [0.4, 0.5) is 24.5 Å². The molecule has 0 saturated heterocycles. The van der Waals surface area contributed by atoms with E-state index >= 15 is 0 Å². The maximum Gasteiger partial charge on any atom is 0.471 e. The van der Waals surface area contributed by atoms with Gasteiger partial charge in [0, 0.05) is 6.54 Å². The molecule has 1 atom stereocenters. The van der Waals surface area contributed by atoms with E-state index in [1.54, 1.807) is 19.1 Å². The van der Waals surface area contributed by atoms with Crippen molar-refractivity contribution < 1.29 is 18.0 Å². The van der Waals surface area contributed by atoms with Crippen molar-refractivity contribution in [2.45, 2.75) is 19.1 Å². The number of hydrogen-bond donors (Lipinski definition) is 1. The van der Waals surface area contributed by atoms with Crippen molar-refractivity contribution >= 4 is 30.6 Å². The highest BCUT2D eigenvalue weighted by atomic mass is 19.4. The first-order chi connectivity index (χ1) is 8.30. The minimum Gasteiger partial charge on any atom is -0.381 e. The van der Waals surface area contributed by atoms with Gasteiger partial charge in [0.05, 0.1) is 17.4 Å². The molecule has 0 unspecified atom stereocenters. The van der Waals surface area contributed by atoms with Crippen LogP contribution in [-0.4, -0.2) is 32.5 Å². The lowest BCUT2D eigenvalue weighted by molar-refractivity contribution is -0.170. The number of benzene rings is 1. The average molecular weight is 256 g/mol. The first-order valence-electron chi connectivity index (χ1n) is 5.55. The van der Waals surface area contributed by atoms with Crippen molar-refractivity contribution in [3.8, 4) is 0 Å². The fraction of sp³-hybridized carbons (Fsp3) is 0.364. The zero-order valence-electron chi connectivity index (χ0n) is 10.0. The SMILES string of the molecule is Bc1ccc2c(c1)NC[C@H](C)N2C(=O)C(F)(F)F. The molecule has 1 N–H and O–H groups in total. The molecular formula is C11H12BF3N2O. The molecule has 0 radical (unpaired) electrons. The lowest BCUT2D eigenvalue weighted by Gasteiger charge is -2.36. The van der Waals surface area contributed by atoms with Gasteiger partial charge in [0.1, 0.15) is 7.85 Å². The molecule has 2 rings (SSSR count). The highest BCUT2D eigenvalue weighted by Gasteiger charge is 2.45. The van der Waals surface area contributed by atoms with Gasteiger partial charge in [-0.25, -0.2) is 0 Å². The Morgan fingerprint density at radius 2 is 2.17 bits per heavy atom. The summed E-state index contributed by atoms with van der Waals surface area (Å²) in [4.78, 5) is 12.3. The van der Waals surface area contributed by atoms with Crippen LogP contribution in [0.25, 0.3) is 0 Å². The van der Waals surface area contributed by atoms with Gasteiger partial charge in [-0.3, -0.25) is 9.69 Å². The molecule has 1 aromatic rings. The number of hydrogen-bond acceptors (Lipinski definition) is 2. The zero-order chi connectivity index (χ0) is 13.5. The van der Waals surface area contributed by atoms with E-state index in [1.165, 1.54) is 6.07 Å². The fourth-order valence-electron chi connectivity index (χ4n) is 2.03. The van der Waals surface area contributed by atoms with Crippen LogP contribution >= 0.6 is 0 Å². The summed E-state index contributed by atoms with van der Waals surface area (Å²) in [5.74, 6) is -1.82. The lowest BCUT2D eigenvalue weighted by atomic mass is 9.94. The van der Waals surface area contributed by atoms with Gasteiger partial charge in [0.2, 0.25) is 0 Å². The van der Waals surface area contributed by atoms with Gasteiger partial charge in [-0.1, -0.05) is 11.5 Å². The molecule has 0 bridgehead atoms. The molecule has 1 amide bonds. The number of rotatable bonds is 0. The van der Waals surface area contributed by atoms with Gasteiger partial charge in [-0.2, -0.15) is 13.2 Å². The van der Waals surface area contributed by atoms with Gasteiger partial charge in [-0.05, 0) is 19.1 Å². The Morgan fingerprint density at radius 1 is 1.50 bits per heavy atom. The maximum absolute atomic E-state index is 12.6. The number of fused-ring (bicyclic) bond motifs is 1. The first-order valence-corrected chi connectivity index (χ1v) is 5.55. The summed E-state index contributed by atoms with van der Waals surface area (Å²) in [6.07, 6.45) is -4.85. The molecule has 0 fully saturated rings. The summed E-state index contributed by atoms with van der Waals surface area (Å²) in [6.45, 7) is 1.89. The number of carbonyl (C=O) groups is 1. The summed E-state index contributed by atoms with van der Waals surface area (Å²) in [5.41, 5.74) is 1.77. The first kappa shape index (κ1) is 12.8. The Kier molecular flexibility index (Phi) is 3.00. The van der Waals surface area contributed by atoms with Crippen LogP contribution in [0.1, 0.15) is 6.92 Å². The number of nitrogens with one attached hydrogen (secondary N) is 1. The molecule has 18 heavy (non-hydrogen) atoms. The molecule has 1 aliphatic rings. The molecule has 0 saturated carbocycles. The monoisotopic (exact) mass is 256 g/mol. The van der Waals surface area contributed by atoms with Gasteiger partial charge >= 0.3 is 12.1 Å². The van der Waals surface area contributed by atoms with E-state index in [0.717, 1.165) is 10.4 Å². The number of carbonyl (C=O) groups excluding carboxylic acids is 1. The maximum atomic E-state index is 12.6. The molecule has 0 aromatic heterocycles. The van der Waals surface area contributed by atoms with Crippen LogP contribution in [0.15, 0.2) is 18.2 Å². The Balaban J connectivity index is 2.46. The van der Waals surface area contributed by atoms with Crippen LogP contribution in [0.2, 0.25) is 0 Å². The van der Waals surface area contributed by atoms with E-state index in [-0.39, 0.29) is 5.69 Å². The van der Waals surface area contributed by atoms with Gasteiger partial charge < -0.3 is 5.32 Å². The van der Waals surface area contributed by atoms with E-state index in [1.807, 2.05) is 7.85 Å². The van der Waals surface area contributed by atoms with Crippen molar-refractivity contribution in [1.82, 2.24) is 0 Å². The molecular weight excluding hydrogens is 244 g/mol. The smallest absolute Gasteiger partial charge is 0.381 e. The van der Waals surface area contributed by atoms with E-state index in [9.17, 15) is 18.0 Å². The quantitative estimate of drug-likeness (QED) is 0.691. The summed E-state index contributed by atoms with van der Waals surface area (Å²) in [7, 11) is 1.84. The van der Waals surface area contributed by atoms with Crippen LogP contribution in [0.3, 0.4) is 0 Å². The Hall–Kier alpha value is -1.66. The second-order valence-corrected chi connectivity index (χ2v) is 4.42. The third-order valence-electron chi connectivity index (χ3n) is 2.90. The number of nitrogens with zero attached hydrogens (tertiary/aromatic N) is 1. The van der Waals surface area contributed by atoms with Crippen LogP contribution < -0.4 is 15.7 Å². The normalized spacial score (nSPS) is 19.1. The highest BCUT2D eigenvalue weighted by molar-refractivity contribution is 6.32. The van der Waals surface area contributed by atoms with Gasteiger partial charge in [0.25, 0.3) is 0 Å². The summed E-state index contributed by atoms with van der Waals surface area (Å²) in [6, 6.07) is 4.43. The third kappa shape index (κ3) is 2.17. The topological polar surface area (TPSA) is 32.3 Å². The van der Waals surface area contributed by atoms with Crippen LogP contribution in [-0.2, 0) is 4.79 Å².